The van der Waals surface area contributed by atoms with Gasteiger partial charge in [-0.05, 0) is 57.3 Å². The first-order chi connectivity index (χ1) is 28.6. The first-order valence-electron chi connectivity index (χ1n) is 21.2. The number of hydrogen-bond donors (Lipinski definition) is 10. The van der Waals surface area contributed by atoms with Crippen LogP contribution in [0.1, 0.15) is 70.6 Å². The summed E-state index contributed by atoms with van der Waals surface area (Å²) in [5, 5.41) is 107. The molecule has 11 N–H and O–H groups in total. The van der Waals surface area contributed by atoms with Crippen LogP contribution in [-0.2, 0) is 42.7 Å². The van der Waals surface area contributed by atoms with E-state index < -0.39 is 135 Å². The maximum atomic E-state index is 12.1. The van der Waals surface area contributed by atoms with Crippen molar-refractivity contribution in [3.63, 3.8) is 0 Å². The van der Waals surface area contributed by atoms with Gasteiger partial charge in [0.25, 0.3) is 0 Å². The van der Waals surface area contributed by atoms with Crippen molar-refractivity contribution in [1.29, 1.82) is 0 Å². The fraction of sp³-hybridized carbons (Fsp3) is 0.900. The van der Waals surface area contributed by atoms with Crippen molar-refractivity contribution < 1.29 is 98.5 Å². The van der Waals surface area contributed by atoms with Gasteiger partial charge in [-0.3, -0.25) is 9.59 Å². The molecule has 0 aromatic carbocycles. The molecule has 19 atom stereocenters. The molecule has 20 heteroatoms. The van der Waals surface area contributed by atoms with Gasteiger partial charge in [-0.15, -0.1) is 0 Å². The van der Waals surface area contributed by atoms with Gasteiger partial charge in [0.05, 0.1) is 56.8 Å². The van der Waals surface area contributed by atoms with Crippen LogP contribution in [-0.4, -0.2) is 205 Å². The summed E-state index contributed by atoms with van der Waals surface area (Å²) in [6.07, 6.45) is -13.9. The molecule has 19 unspecified atom stereocenters. The van der Waals surface area contributed by atoms with Gasteiger partial charge in [-0.1, -0.05) is 12.2 Å². The second-order valence-corrected chi connectivity index (χ2v) is 17.3. The average molecular weight is 866 g/mol. The molecule has 6 fully saturated rings. The van der Waals surface area contributed by atoms with Crippen LogP contribution in [0, 0.1) is 17.8 Å². The van der Waals surface area contributed by atoms with E-state index >= 15 is 0 Å². The minimum atomic E-state index is -1.80. The third kappa shape index (κ3) is 11.8. The SMILES string of the molecule is COC(=O)CC(=O)OCC1OC(OC2CC(O)CC3[OH+]C(C4CCC(O)C(O)C4)C(OC4OC(COCC=CC5CCC(O)CC5)C(O)C(O)C4O)CC23)C(O)C(O)C1O. The predicted molar refractivity (Wildman–Crippen MR) is 201 cm³/mol. The smallest absolute Gasteiger partial charge is 0.317 e. The Bertz CT molecular complexity index is 1400. The lowest BCUT2D eigenvalue weighted by Gasteiger charge is -2.50. The molecule has 0 bridgehead atoms. The molecule has 3 aliphatic carbocycles. The number of fused-ring (bicyclic) bond motifs is 1. The van der Waals surface area contributed by atoms with Crippen molar-refractivity contribution in [3.8, 4) is 0 Å². The zero-order valence-electron chi connectivity index (χ0n) is 33.8. The Morgan fingerprint density at radius 2 is 1.28 bits per heavy atom. The highest BCUT2D eigenvalue weighted by molar-refractivity contribution is 5.91. The Hall–Kier alpha value is -1.96. The second kappa shape index (κ2) is 21.6. The Morgan fingerprint density at radius 3 is 1.92 bits per heavy atom. The minimum absolute atomic E-state index is 0.0381. The highest BCUT2D eigenvalue weighted by Gasteiger charge is 2.56. The molecule has 344 valence electrons. The van der Waals surface area contributed by atoms with E-state index in [1.807, 2.05) is 12.2 Å². The van der Waals surface area contributed by atoms with Crippen molar-refractivity contribution in [1.82, 2.24) is 0 Å². The normalized spacial score (nSPS) is 46.4. The largest absolute Gasteiger partial charge is 0.469 e. The van der Waals surface area contributed by atoms with E-state index in [-0.39, 0.29) is 50.9 Å². The molecule has 3 saturated carbocycles. The first kappa shape index (κ1) is 47.5. The summed E-state index contributed by atoms with van der Waals surface area (Å²) in [4.78, 5) is 23.6. The van der Waals surface area contributed by atoms with Crippen LogP contribution in [0.4, 0.5) is 0 Å². The third-order valence-electron chi connectivity index (χ3n) is 13.1. The van der Waals surface area contributed by atoms with Crippen molar-refractivity contribution in [3.05, 3.63) is 12.2 Å². The van der Waals surface area contributed by atoms with Gasteiger partial charge in [-0.2, -0.15) is 0 Å². The van der Waals surface area contributed by atoms with Gasteiger partial charge >= 0.3 is 11.9 Å². The van der Waals surface area contributed by atoms with E-state index in [4.69, 9.17) is 33.2 Å². The maximum Gasteiger partial charge on any atom is 0.317 e. The highest BCUT2D eigenvalue weighted by atomic mass is 16.7. The van der Waals surface area contributed by atoms with Crippen LogP contribution in [0.2, 0.25) is 0 Å². The summed E-state index contributed by atoms with van der Waals surface area (Å²) in [5.74, 6) is -2.33. The monoisotopic (exact) mass is 865 g/mol. The number of carbonyl (C=O) groups excluding carboxylic acids is 2. The van der Waals surface area contributed by atoms with Crippen LogP contribution in [0.3, 0.4) is 0 Å². The standard InChI is InChI=1S/C40H64O20/c1-53-30(45)15-31(46)55-17-29-33(48)35(50)36(51)39(60-29)57-26-13-21(42)12-25-22(26)14-27(38(56-25)19-6-9-23(43)24(44)11-19)58-40-37(52)34(49)32(47)28(59-40)16-54-10-2-3-18-4-7-20(41)8-5-18/h2-3,18-29,32-44,47-52H,4-17H2,1H3/p+1. The van der Waals surface area contributed by atoms with E-state index in [0.29, 0.717) is 18.8 Å². The molecule has 20 nitrogen and oxygen atoms in total. The van der Waals surface area contributed by atoms with Crippen LogP contribution in [0.15, 0.2) is 12.2 Å². The number of hydrogen-bond acceptors (Lipinski definition) is 19. The second-order valence-electron chi connectivity index (χ2n) is 17.3. The number of aliphatic hydroxyl groups excluding tert-OH is 10. The minimum Gasteiger partial charge on any atom is -0.469 e. The molecule has 0 spiro atoms. The summed E-state index contributed by atoms with van der Waals surface area (Å²) in [6, 6.07) is 0. The molecule has 6 rings (SSSR count). The van der Waals surface area contributed by atoms with E-state index in [1.165, 1.54) is 0 Å². The fourth-order valence-corrected chi connectivity index (χ4v) is 9.52. The molecule has 3 heterocycles. The van der Waals surface area contributed by atoms with Crippen LogP contribution in [0.5, 0.6) is 0 Å². The van der Waals surface area contributed by atoms with E-state index in [1.54, 1.807) is 0 Å². The van der Waals surface area contributed by atoms with Gasteiger partial charge in [0.2, 0.25) is 0 Å². The maximum absolute atomic E-state index is 12.1. The number of rotatable bonds is 14. The number of ether oxygens (including phenoxy) is 8. The molecular formula is C40H65O20+. The molecule has 3 saturated heterocycles. The lowest BCUT2D eigenvalue weighted by atomic mass is 9.72. The summed E-state index contributed by atoms with van der Waals surface area (Å²) in [5.41, 5.74) is 0. The van der Waals surface area contributed by atoms with Crippen LogP contribution in [0.25, 0.3) is 0 Å². The number of allylic oxidation sites excluding steroid dienone is 1. The topological polar surface area (TPSA) is 314 Å². The Balaban J connectivity index is 1.14. The molecule has 0 radical (unpaired) electrons. The quantitative estimate of drug-likeness (QED) is 0.0267. The van der Waals surface area contributed by atoms with Gasteiger partial charge in [0, 0.05) is 18.8 Å². The molecular weight excluding hydrogens is 800 g/mol. The van der Waals surface area contributed by atoms with Crippen molar-refractivity contribution >= 4 is 11.9 Å². The first-order valence-corrected chi connectivity index (χ1v) is 21.2. The summed E-state index contributed by atoms with van der Waals surface area (Å²) < 4.78 is 45.0. The molecule has 0 aromatic rings. The lowest BCUT2D eigenvalue weighted by Crippen LogP contribution is -2.64. The Morgan fingerprint density at radius 1 is 0.650 bits per heavy atom. The number of methoxy groups -OCH3 is 1. The van der Waals surface area contributed by atoms with Gasteiger partial charge in [-0.25, -0.2) is 0 Å². The predicted octanol–water partition coefficient (Wildman–Crippen LogP) is -3.44. The molecule has 0 amide bonds. The number of carbonyl (C=O) groups is 2. The zero-order valence-corrected chi connectivity index (χ0v) is 33.8. The number of aliphatic hydroxyl groups is 12. The van der Waals surface area contributed by atoms with Gasteiger partial charge in [0.15, 0.2) is 24.8 Å². The van der Waals surface area contributed by atoms with E-state index in [9.17, 15) is 60.7 Å². The zero-order chi connectivity index (χ0) is 43.2. The molecule has 0 aromatic heterocycles. The van der Waals surface area contributed by atoms with Crippen molar-refractivity contribution in [2.45, 2.75) is 181 Å². The van der Waals surface area contributed by atoms with Crippen molar-refractivity contribution in [2.75, 3.05) is 26.9 Å². The molecule has 6 aliphatic rings. The third-order valence-corrected chi connectivity index (χ3v) is 13.1. The van der Waals surface area contributed by atoms with Gasteiger partial charge in [0.1, 0.15) is 68.0 Å². The summed E-state index contributed by atoms with van der Waals surface area (Å²) in [6.45, 7) is -0.547. The summed E-state index contributed by atoms with van der Waals surface area (Å²) >= 11 is 0. The summed E-state index contributed by atoms with van der Waals surface area (Å²) in [7, 11) is 1.10. The lowest BCUT2D eigenvalue weighted by molar-refractivity contribution is -0.367. The fourth-order valence-electron chi connectivity index (χ4n) is 9.52. The average Bonchev–Trinajstić information content (AvgIpc) is 3.22. The number of esters is 2. The van der Waals surface area contributed by atoms with E-state index in [0.717, 1.165) is 32.8 Å². The Kier molecular flexibility index (Phi) is 17.1. The van der Waals surface area contributed by atoms with Gasteiger partial charge < -0.3 is 89.0 Å². The van der Waals surface area contributed by atoms with E-state index in [2.05, 4.69) is 4.74 Å². The van der Waals surface area contributed by atoms with Crippen molar-refractivity contribution in [2.24, 2.45) is 17.8 Å². The van der Waals surface area contributed by atoms with Crippen LogP contribution < -0.4 is 0 Å². The Labute approximate surface area is 347 Å². The highest BCUT2D eigenvalue weighted by Crippen LogP contribution is 2.44. The molecule has 60 heavy (non-hydrogen) atoms. The van der Waals surface area contributed by atoms with Crippen LogP contribution >= 0.6 is 0 Å². The molecule has 3 aliphatic heterocycles.